The molecule has 0 atom stereocenters. The van der Waals surface area contributed by atoms with E-state index in [1.54, 1.807) is 23.1 Å². The van der Waals surface area contributed by atoms with Gasteiger partial charge in [0.15, 0.2) is 0 Å². The van der Waals surface area contributed by atoms with Crippen molar-refractivity contribution in [2.45, 2.75) is 12.8 Å². The van der Waals surface area contributed by atoms with E-state index in [9.17, 15) is 4.79 Å². The first kappa shape index (κ1) is 12.8. The maximum atomic E-state index is 10.8. The van der Waals surface area contributed by atoms with Crippen LogP contribution < -0.4 is 10.6 Å². The molecule has 0 fully saturated rings. The highest BCUT2D eigenvalue weighted by Gasteiger charge is 2.12. The van der Waals surface area contributed by atoms with Gasteiger partial charge in [-0.15, -0.1) is 0 Å². The summed E-state index contributed by atoms with van der Waals surface area (Å²) in [4.78, 5) is 12.5. The van der Waals surface area contributed by atoms with Crippen LogP contribution in [-0.2, 0) is 4.79 Å². The zero-order valence-corrected chi connectivity index (χ0v) is 9.47. The molecule has 0 spiro atoms. The van der Waals surface area contributed by atoms with Crippen molar-refractivity contribution in [3.8, 4) is 6.07 Å². The Morgan fingerprint density at radius 3 is 2.76 bits per heavy atom. The van der Waals surface area contributed by atoms with E-state index >= 15 is 0 Å². The minimum absolute atomic E-state index is 0.111. The molecular formula is C12H15N3O2. The largest absolute Gasteiger partial charge is 0.480 e. The number of benzene rings is 1. The van der Waals surface area contributed by atoms with Crippen molar-refractivity contribution in [1.82, 2.24) is 0 Å². The van der Waals surface area contributed by atoms with Crippen molar-refractivity contribution in [3.63, 3.8) is 0 Å². The van der Waals surface area contributed by atoms with Crippen molar-refractivity contribution in [2.75, 3.05) is 23.7 Å². The summed E-state index contributed by atoms with van der Waals surface area (Å²) in [5.74, 6) is -0.912. The minimum atomic E-state index is -0.912. The Balaban J connectivity index is 2.79. The zero-order chi connectivity index (χ0) is 12.7. The molecule has 0 saturated carbocycles. The molecule has 1 aromatic carbocycles. The number of para-hydroxylation sites is 2. The van der Waals surface area contributed by atoms with Crippen molar-refractivity contribution in [3.05, 3.63) is 24.3 Å². The first-order valence-corrected chi connectivity index (χ1v) is 5.33. The van der Waals surface area contributed by atoms with Crippen LogP contribution in [0.2, 0.25) is 0 Å². The van der Waals surface area contributed by atoms with E-state index in [1.165, 1.54) is 0 Å². The van der Waals surface area contributed by atoms with Gasteiger partial charge in [0, 0.05) is 13.0 Å². The average Bonchev–Trinajstić information content (AvgIpc) is 2.28. The third kappa shape index (κ3) is 4.03. The Bertz CT molecular complexity index is 426. The molecule has 0 heterocycles. The first-order chi connectivity index (χ1) is 8.15. The van der Waals surface area contributed by atoms with Gasteiger partial charge in [0.1, 0.15) is 6.54 Å². The molecular weight excluding hydrogens is 218 g/mol. The fraction of sp³-hybridized carbons (Fsp3) is 0.333. The first-order valence-electron chi connectivity index (χ1n) is 5.33. The van der Waals surface area contributed by atoms with E-state index in [1.807, 2.05) is 12.1 Å². The number of nitrogen functional groups attached to an aromatic ring is 1. The molecule has 0 amide bonds. The summed E-state index contributed by atoms with van der Waals surface area (Å²) in [5, 5.41) is 17.3. The third-order valence-electron chi connectivity index (χ3n) is 2.32. The number of nitrogens with zero attached hydrogens (tertiary/aromatic N) is 2. The predicted molar refractivity (Wildman–Crippen MR) is 65.6 cm³/mol. The minimum Gasteiger partial charge on any atom is -0.480 e. The molecule has 5 heteroatoms. The molecule has 5 nitrogen and oxygen atoms in total. The quantitative estimate of drug-likeness (QED) is 0.573. The van der Waals surface area contributed by atoms with Crippen molar-refractivity contribution in [1.29, 1.82) is 5.26 Å². The summed E-state index contributed by atoms with van der Waals surface area (Å²) in [6.45, 7) is 0.397. The molecule has 3 N–H and O–H groups in total. The van der Waals surface area contributed by atoms with Crippen LogP contribution >= 0.6 is 0 Å². The second-order valence-electron chi connectivity index (χ2n) is 3.64. The Hall–Kier alpha value is -2.22. The van der Waals surface area contributed by atoms with E-state index < -0.39 is 5.97 Å². The fourth-order valence-electron chi connectivity index (χ4n) is 1.57. The van der Waals surface area contributed by atoms with Crippen molar-refractivity contribution < 1.29 is 9.90 Å². The van der Waals surface area contributed by atoms with Gasteiger partial charge in [-0.05, 0) is 18.6 Å². The van der Waals surface area contributed by atoms with Gasteiger partial charge in [-0.25, -0.2) is 0 Å². The summed E-state index contributed by atoms with van der Waals surface area (Å²) in [6, 6.07) is 9.16. The normalized spacial score (nSPS) is 9.59. The Morgan fingerprint density at radius 2 is 2.18 bits per heavy atom. The van der Waals surface area contributed by atoms with Gasteiger partial charge in [-0.2, -0.15) is 5.26 Å². The predicted octanol–water partition coefficient (Wildman–Crippen LogP) is 1.46. The lowest BCUT2D eigenvalue weighted by Gasteiger charge is -2.23. The Kier molecular flexibility index (Phi) is 4.82. The molecule has 0 aliphatic heterocycles. The maximum absolute atomic E-state index is 10.8. The summed E-state index contributed by atoms with van der Waals surface area (Å²) in [5.41, 5.74) is 7.05. The van der Waals surface area contributed by atoms with Crippen LogP contribution in [0.25, 0.3) is 0 Å². The van der Waals surface area contributed by atoms with E-state index in [4.69, 9.17) is 16.1 Å². The lowest BCUT2D eigenvalue weighted by molar-refractivity contribution is -0.135. The summed E-state index contributed by atoms with van der Waals surface area (Å²) in [6.07, 6.45) is 1.03. The molecule has 0 bridgehead atoms. The number of rotatable bonds is 6. The zero-order valence-electron chi connectivity index (χ0n) is 9.47. The molecule has 0 unspecified atom stereocenters. The number of carbonyl (C=O) groups is 1. The molecule has 0 aromatic heterocycles. The lowest BCUT2D eigenvalue weighted by atomic mass is 10.2. The number of hydrogen-bond acceptors (Lipinski definition) is 4. The van der Waals surface area contributed by atoms with Gasteiger partial charge in [0.05, 0.1) is 17.4 Å². The number of hydrogen-bond donors (Lipinski definition) is 2. The highest BCUT2D eigenvalue weighted by atomic mass is 16.4. The van der Waals surface area contributed by atoms with Crippen LogP contribution in [0, 0.1) is 11.3 Å². The smallest absolute Gasteiger partial charge is 0.323 e. The topological polar surface area (TPSA) is 90.3 Å². The lowest BCUT2D eigenvalue weighted by Crippen LogP contribution is -2.31. The van der Waals surface area contributed by atoms with Crippen molar-refractivity contribution >= 4 is 17.3 Å². The Labute approximate surface area is 100 Å². The van der Waals surface area contributed by atoms with Crippen LogP contribution in [0.3, 0.4) is 0 Å². The van der Waals surface area contributed by atoms with Crippen LogP contribution in [-0.4, -0.2) is 24.2 Å². The summed E-state index contributed by atoms with van der Waals surface area (Å²) in [7, 11) is 0. The van der Waals surface area contributed by atoms with E-state index in [0.29, 0.717) is 30.8 Å². The molecule has 17 heavy (non-hydrogen) atoms. The third-order valence-corrected chi connectivity index (χ3v) is 2.32. The van der Waals surface area contributed by atoms with Gasteiger partial charge in [0.25, 0.3) is 0 Å². The number of anilines is 2. The average molecular weight is 233 g/mol. The van der Waals surface area contributed by atoms with Gasteiger partial charge in [-0.1, -0.05) is 12.1 Å². The van der Waals surface area contributed by atoms with Gasteiger partial charge in [0.2, 0.25) is 0 Å². The SMILES string of the molecule is N#CCCCN(CC(=O)O)c1ccccc1N. The maximum Gasteiger partial charge on any atom is 0.323 e. The molecule has 0 aliphatic carbocycles. The fourth-order valence-corrected chi connectivity index (χ4v) is 1.57. The van der Waals surface area contributed by atoms with Gasteiger partial charge < -0.3 is 15.7 Å². The van der Waals surface area contributed by atoms with Crippen LogP contribution in [0.1, 0.15) is 12.8 Å². The second-order valence-corrected chi connectivity index (χ2v) is 3.64. The number of unbranched alkanes of at least 4 members (excludes halogenated alkanes) is 1. The molecule has 0 saturated heterocycles. The summed E-state index contributed by atoms with van der Waals surface area (Å²) >= 11 is 0. The monoisotopic (exact) mass is 233 g/mol. The van der Waals surface area contributed by atoms with Crippen LogP contribution in [0.15, 0.2) is 24.3 Å². The molecule has 1 rings (SSSR count). The van der Waals surface area contributed by atoms with E-state index in [2.05, 4.69) is 0 Å². The van der Waals surface area contributed by atoms with Crippen LogP contribution in [0.4, 0.5) is 11.4 Å². The highest BCUT2D eigenvalue weighted by molar-refractivity contribution is 5.77. The Morgan fingerprint density at radius 1 is 1.47 bits per heavy atom. The van der Waals surface area contributed by atoms with E-state index in [0.717, 1.165) is 0 Å². The number of carboxylic acid groups (broad SMARTS) is 1. The van der Waals surface area contributed by atoms with Gasteiger partial charge >= 0.3 is 5.97 Å². The summed E-state index contributed by atoms with van der Waals surface area (Å²) < 4.78 is 0. The molecule has 90 valence electrons. The highest BCUT2D eigenvalue weighted by Crippen LogP contribution is 2.22. The molecule has 1 aromatic rings. The number of nitriles is 1. The van der Waals surface area contributed by atoms with E-state index in [-0.39, 0.29) is 6.54 Å². The number of carboxylic acids is 1. The standard InChI is InChI=1S/C12H15N3O2/c13-7-3-4-8-15(9-12(16)17)11-6-2-1-5-10(11)14/h1-2,5-6H,3-4,8-9,14H2,(H,16,17). The second kappa shape index (κ2) is 6.38. The molecule has 0 aliphatic rings. The number of aliphatic carboxylic acids is 1. The van der Waals surface area contributed by atoms with Gasteiger partial charge in [-0.3, -0.25) is 4.79 Å². The molecule has 0 radical (unpaired) electrons. The van der Waals surface area contributed by atoms with Crippen molar-refractivity contribution in [2.24, 2.45) is 0 Å². The number of nitrogens with two attached hydrogens (primary N) is 1. The van der Waals surface area contributed by atoms with Crippen LogP contribution in [0.5, 0.6) is 0 Å².